The van der Waals surface area contributed by atoms with Gasteiger partial charge in [0.25, 0.3) is 10.0 Å². The van der Waals surface area contributed by atoms with Gasteiger partial charge in [0.05, 0.1) is 19.8 Å². The Morgan fingerprint density at radius 1 is 1.10 bits per heavy atom. The minimum Gasteiger partial charge on any atom is -0.481 e. The van der Waals surface area contributed by atoms with E-state index in [1.54, 1.807) is 0 Å². The first-order chi connectivity index (χ1) is 13.8. The lowest BCUT2D eigenvalue weighted by atomic mass is 10.2. The molecule has 2 aromatic heterocycles. The van der Waals surface area contributed by atoms with Gasteiger partial charge in [-0.3, -0.25) is 0 Å². The number of hydrogen-bond donors (Lipinski definition) is 2. The highest BCUT2D eigenvalue weighted by Crippen LogP contribution is 2.30. The normalized spacial score (nSPS) is 11.5. The molecular formula is C18H18F2N4O4S. The summed E-state index contributed by atoms with van der Waals surface area (Å²) < 4.78 is 63.2. The fourth-order valence-electron chi connectivity index (χ4n) is 2.65. The van der Waals surface area contributed by atoms with Gasteiger partial charge in [-0.15, -0.1) is 0 Å². The van der Waals surface area contributed by atoms with Crippen molar-refractivity contribution < 1.29 is 26.7 Å². The topological polar surface area (TPSA) is 106 Å². The number of rotatable bonds is 8. The molecule has 0 saturated carbocycles. The summed E-state index contributed by atoms with van der Waals surface area (Å²) in [5.74, 6) is -0.762. The number of aromatic nitrogens is 3. The Labute approximate surface area is 166 Å². The van der Waals surface area contributed by atoms with Gasteiger partial charge in [-0.2, -0.15) is 9.97 Å². The second kappa shape index (κ2) is 8.43. The van der Waals surface area contributed by atoms with Crippen LogP contribution >= 0.6 is 0 Å². The lowest BCUT2D eigenvalue weighted by molar-refractivity contribution is 0.146. The first-order valence-corrected chi connectivity index (χ1v) is 9.86. The van der Waals surface area contributed by atoms with Crippen LogP contribution in [0.3, 0.4) is 0 Å². The Morgan fingerprint density at radius 3 is 2.28 bits per heavy atom. The van der Waals surface area contributed by atoms with Gasteiger partial charge in [0.2, 0.25) is 24.1 Å². The largest absolute Gasteiger partial charge is 0.481 e. The third-order valence-electron chi connectivity index (χ3n) is 3.95. The van der Waals surface area contributed by atoms with Crippen LogP contribution in [0, 0.1) is 0 Å². The van der Waals surface area contributed by atoms with Gasteiger partial charge in [-0.05, 0) is 11.6 Å². The molecule has 0 aliphatic rings. The van der Waals surface area contributed by atoms with Crippen molar-refractivity contribution in [1.29, 1.82) is 0 Å². The van der Waals surface area contributed by atoms with Crippen molar-refractivity contribution in [2.24, 2.45) is 0 Å². The van der Waals surface area contributed by atoms with E-state index in [0.29, 0.717) is 5.69 Å². The number of sulfonamides is 1. The van der Waals surface area contributed by atoms with E-state index >= 15 is 0 Å². The van der Waals surface area contributed by atoms with E-state index in [1.165, 1.54) is 26.5 Å². The van der Waals surface area contributed by atoms with Crippen LogP contribution in [0.15, 0.2) is 47.5 Å². The zero-order valence-corrected chi connectivity index (χ0v) is 16.3. The number of nitrogens with one attached hydrogen (secondary N) is 2. The van der Waals surface area contributed by atoms with Crippen LogP contribution in [0.2, 0.25) is 0 Å². The average molecular weight is 424 g/mol. The molecule has 0 amide bonds. The summed E-state index contributed by atoms with van der Waals surface area (Å²) >= 11 is 0. The van der Waals surface area contributed by atoms with Crippen LogP contribution in [0.1, 0.15) is 5.56 Å². The molecule has 3 rings (SSSR count). The number of hydrogen-bond acceptors (Lipinski definition) is 6. The van der Waals surface area contributed by atoms with E-state index in [9.17, 15) is 17.2 Å². The molecule has 0 radical (unpaired) electrons. The molecule has 0 atom stereocenters. The molecular weight excluding hydrogens is 406 g/mol. The third kappa shape index (κ3) is 4.62. The molecule has 0 aliphatic carbocycles. The van der Waals surface area contributed by atoms with Gasteiger partial charge in [-0.25, -0.2) is 21.9 Å². The first-order valence-electron chi connectivity index (χ1n) is 8.37. The van der Waals surface area contributed by atoms with E-state index in [-0.39, 0.29) is 28.2 Å². The van der Waals surface area contributed by atoms with Gasteiger partial charge in [0.1, 0.15) is 4.90 Å². The lowest BCUT2D eigenvalue weighted by Crippen LogP contribution is -2.16. The predicted octanol–water partition coefficient (Wildman–Crippen LogP) is 3.10. The van der Waals surface area contributed by atoms with Crippen molar-refractivity contribution in [3.63, 3.8) is 0 Å². The Kier molecular flexibility index (Phi) is 5.97. The summed E-state index contributed by atoms with van der Waals surface area (Å²) in [5.41, 5.74) is 1.36. The highest BCUT2D eigenvalue weighted by Gasteiger charge is 2.23. The summed E-state index contributed by atoms with van der Waals surface area (Å²) in [6.45, 7) is 0. The summed E-state index contributed by atoms with van der Waals surface area (Å²) in [7, 11) is -1.59. The number of alkyl halides is 2. The fourth-order valence-corrected chi connectivity index (χ4v) is 3.59. The van der Waals surface area contributed by atoms with Gasteiger partial charge < -0.3 is 14.5 Å². The quantitative estimate of drug-likeness (QED) is 0.576. The molecule has 2 heterocycles. The van der Waals surface area contributed by atoms with Crippen molar-refractivity contribution >= 4 is 16.0 Å². The fraction of sp³-hybridized carbons (Fsp3) is 0.222. The number of ether oxygens (including phenoxy) is 2. The molecule has 0 saturated heterocycles. The summed E-state index contributed by atoms with van der Waals surface area (Å²) in [5, 5.41) is 0. The van der Waals surface area contributed by atoms with Crippen LogP contribution in [-0.4, -0.2) is 44.0 Å². The molecule has 154 valence electrons. The maximum absolute atomic E-state index is 12.8. The van der Waals surface area contributed by atoms with Crippen LogP contribution in [0.25, 0.3) is 11.3 Å². The van der Waals surface area contributed by atoms with Crippen molar-refractivity contribution in [3.8, 4) is 23.0 Å². The van der Waals surface area contributed by atoms with Crippen molar-refractivity contribution in [2.45, 2.75) is 17.7 Å². The maximum atomic E-state index is 12.8. The van der Waals surface area contributed by atoms with E-state index < -0.39 is 22.9 Å². The Balaban J connectivity index is 1.91. The van der Waals surface area contributed by atoms with Crippen molar-refractivity contribution in [2.75, 3.05) is 18.9 Å². The molecule has 11 heteroatoms. The minimum absolute atomic E-state index is 0.0467. The van der Waals surface area contributed by atoms with Gasteiger partial charge >= 0.3 is 0 Å². The Hall–Kier alpha value is -3.21. The van der Waals surface area contributed by atoms with Gasteiger partial charge in [0.15, 0.2) is 0 Å². The first kappa shape index (κ1) is 20.5. The zero-order valence-electron chi connectivity index (χ0n) is 15.5. The number of methoxy groups -OCH3 is 2. The molecule has 1 aromatic carbocycles. The summed E-state index contributed by atoms with van der Waals surface area (Å²) in [6, 6.07) is 10.6. The number of nitrogens with zero attached hydrogens (tertiary/aromatic N) is 2. The van der Waals surface area contributed by atoms with Crippen LogP contribution < -0.4 is 14.2 Å². The second-order valence-electron chi connectivity index (χ2n) is 5.86. The monoisotopic (exact) mass is 424 g/mol. The van der Waals surface area contributed by atoms with Crippen molar-refractivity contribution in [1.82, 2.24) is 15.0 Å². The summed E-state index contributed by atoms with van der Waals surface area (Å²) in [4.78, 5) is 10.6. The standard InChI is InChI=1S/C18H18F2N4O4S/c1-27-16-13(9-15(19)20)17(28-2)23-18(22-16)24-29(25,26)12-8-14(21-10-12)11-6-4-3-5-7-11/h3-8,10,15,21H,9H2,1-2H3,(H,22,23,24). The van der Waals surface area contributed by atoms with Crippen LogP contribution in [0.4, 0.5) is 14.7 Å². The Bertz CT molecular complexity index is 1060. The third-order valence-corrected chi connectivity index (χ3v) is 5.26. The lowest BCUT2D eigenvalue weighted by Gasteiger charge is -2.13. The van der Waals surface area contributed by atoms with E-state index in [1.807, 2.05) is 30.3 Å². The average Bonchev–Trinajstić information content (AvgIpc) is 3.20. The molecule has 29 heavy (non-hydrogen) atoms. The summed E-state index contributed by atoms with van der Waals surface area (Å²) in [6.07, 6.45) is -2.05. The van der Waals surface area contributed by atoms with Crippen LogP contribution in [0.5, 0.6) is 11.8 Å². The van der Waals surface area contributed by atoms with E-state index in [0.717, 1.165) is 5.56 Å². The van der Waals surface area contributed by atoms with Crippen LogP contribution in [-0.2, 0) is 16.4 Å². The highest BCUT2D eigenvalue weighted by molar-refractivity contribution is 7.92. The highest BCUT2D eigenvalue weighted by atomic mass is 32.2. The van der Waals surface area contributed by atoms with Gasteiger partial charge in [-0.1, -0.05) is 30.3 Å². The maximum Gasteiger partial charge on any atom is 0.265 e. The molecule has 0 aliphatic heterocycles. The molecule has 0 spiro atoms. The number of H-pyrrole nitrogens is 1. The second-order valence-corrected chi connectivity index (χ2v) is 7.54. The SMILES string of the molecule is COc1nc(NS(=O)(=O)c2c[nH]c(-c3ccccc3)c2)nc(OC)c1CC(F)F. The molecule has 2 N–H and O–H groups in total. The number of anilines is 1. The molecule has 3 aromatic rings. The Morgan fingerprint density at radius 2 is 1.72 bits per heavy atom. The van der Waals surface area contributed by atoms with E-state index in [2.05, 4.69) is 19.7 Å². The number of benzene rings is 1. The molecule has 0 fully saturated rings. The number of halogens is 2. The van der Waals surface area contributed by atoms with Crippen molar-refractivity contribution in [3.05, 3.63) is 48.2 Å². The predicted molar refractivity (Wildman–Crippen MR) is 102 cm³/mol. The number of aromatic amines is 1. The van der Waals surface area contributed by atoms with Gasteiger partial charge in [0, 0.05) is 18.3 Å². The zero-order chi connectivity index (χ0) is 21.0. The molecule has 0 unspecified atom stereocenters. The molecule has 8 nitrogen and oxygen atoms in total. The van der Waals surface area contributed by atoms with E-state index in [4.69, 9.17) is 9.47 Å². The minimum atomic E-state index is -4.05. The smallest absolute Gasteiger partial charge is 0.265 e. The molecule has 0 bridgehead atoms.